The van der Waals surface area contributed by atoms with Crippen LogP contribution < -0.4 is 0 Å². The zero-order valence-corrected chi connectivity index (χ0v) is 41.1. The van der Waals surface area contributed by atoms with Crippen LogP contribution in [0.2, 0.25) is 0 Å². The van der Waals surface area contributed by atoms with Crippen LogP contribution in [0.5, 0.6) is 0 Å². The van der Waals surface area contributed by atoms with Crippen LogP contribution in [0.4, 0.5) is 0 Å². The fourth-order valence-electron chi connectivity index (χ4n) is 10.9. The van der Waals surface area contributed by atoms with Crippen molar-refractivity contribution in [2.45, 2.75) is 106 Å². The van der Waals surface area contributed by atoms with Crippen molar-refractivity contribution in [1.29, 1.82) is 0 Å². The summed E-state index contributed by atoms with van der Waals surface area (Å²) in [4.78, 5) is 39.3. The van der Waals surface area contributed by atoms with Crippen LogP contribution in [0.1, 0.15) is 103 Å². The Balaban J connectivity index is 1.12. The number of thiophene rings is 2. The lowest BCUT2D eigenvalue weighted by atomic mass is 9.98. The van der Waals surface area contributed by atoms with Crippen molar-refractivity contribution in [3.8, 4) is 20.9 Å². The smallest absolute Gasteiger partial charge is 0.261 e. The fourth-order valence-corrected chi connectivity index (χ4v) is 13.1. The number of benzene rings is 4. The van der Waals surface area contributed by atoms with Gasteiger partial charge >= 0.3 is 0 Å². The first-order valence-corrected chi connectivity index (χ1v) is 26.3. The van der Waals surface area contributed by atoms with Gasteiger partial charge in [0.25, 0.3) is 11.8 Å². The maximum Gasteiger partial charge on any atom is 0.261 e. The normalized spacial score (nSPS) is 15.3. The average Bonchev–Trinajstić information content (AvgIpc) is 4.22. The lowest BCUT2D eigenvalue weighted by Crippen LogP contribution is -2.34. The molecule has 0 saturated heterocycles. The second-order valence-electron chi connectivity index (χ2n) is 18.4. The standard InChI is InChI=1S/C58H62N4O2S2/c1-7-13-19-37(9-3)35-61-55(51-31-29-49(65-51)39-25-27-47-43(33-39)41-21-15-17-23-45(41)59(47)11-5)53-54(57(61)63)56(62(58(53)64)36-38(10-4)20-14-8-2)52-32-30-50(66-52)40-26-28-48-44(34-40)42-22-16-18-24-46(42)60(48)12-6/h15-18,21-34,37-38H,7-14,19-20,35-36H2,1-6H3. The monoisotopic (exact) mass is 910 g/mol. The number of carbonyl (C=O) groups is 2. The molecule has 0 saturated carbocycles. The van der Waals surface area contributed by atoms with Gasteiger partial charge in [-0.3, -0.25) is 9.59 Å². The molecule has 2 aliphatic heterocycles. The van der Waals surface area contributed by atoms with Gasteiger partial charge in [0.2, 0.25) is 0 Å². The number of hydrogen-bond acceptors (Lipinski definition) is 4. The van der Waals surface area contributed by atoms with Crippen LogP contribution in [-0.4, -0.2) is 43.8 Å². The summed E-state index contributed by atoms with van der Waals surface area (Å²) >= 11 is 3.40. The molecular weight excluding hydrogens is 849 g/mol. The van der Waals surface area contributed by atoms with E-state index in [9.17, 15) is 0 Å². The van der Waals surface area contributed by atoms with Crippen LogP contribution >= 0.6 is 22.7 Å². The molecule has 2 amide bonds. The molecule has 2 aliphatic rings. The molecule has 8 aromatic rings. The Kier molecular flexibility index (Phi) is 12.4. The van der Waals surface area contributed by atoms with Crippen molar-refractivity contribution in [2.24, 2.45) is 11.8 Å². The Morgan fingerprint density at radius 3 is 1.24 bits per heavy atom. The number of aryl methyl sites for hydroxylation is 2. The number of aromatic nitrogens is 2. The SMILES string of the molecule is CCCCC(CC)CN1C(=O)C2=C(c3ccc(-c4ccc5c(c4)c4ccccc4n5CC)s3)N(CC(CC)CCCC)C(=O)C2=C1c1ccc(-c2ccc3c(c2)c2ccccc2n3CC)s1. The number of para-hydroxylation sites is 2. The van der Waals surface area contributed by atoms with Gasteiger partial charge in [-0.15, -0.1) is 22.7 Å². The lowest BCUT2D eigenvalue weighted by molar-refractivity contribution is -0.124. The highest BCUT2D eigenvalue weighted by Gasteiger charge is 2.50. The second kappa shape index (κ2) is 18.5. The van der Waals surface area contributed by atoms with E-state index in [2.05, 4.69) is 160 Å². The zero-order chi connectivity index (χ0) is 45.6. The summed E-state index contributed by atoms with van der Waals surface area (Å²) in [6.07, 6.45) is 8.52. The molecule has 0 fully saturated rings. The summed E-state index contributed by atoms with van der Waals surface area (Å²) in [5.41, 5.74) is 10.0. The third-order valence-electron chi connectivity index (χ3n) is 14.6. The van der Waals surface area contributed by atoms with Gasteiger partial charge in [-0.05, 0) is 110 Å². The van der Waals surface area contributed by atoms with Gasteiger partial charge in [0.05, 0.1) is 32.3 Å². The molecule has 0 spiro atoms. The van der Waals surface area contributed by atoms with Crippen LogP contribution in [0.3, 0.4) is 0 Å². The van der Waals surface area contributed by atoms with Crippen molar-refractivity contribution >= 4 is 89.5 Å². The number of fused-ring (bicyclic) bond motifs is 7. The molecule has 8 heteroatoms. The van der Waals surface area contributed by atoms with Gasteiger partial charge < -0.3 is 18.9 Å². The fraction of sp³-hybridized carbons (Fsp3) is 0.345. The Hall–Kier alpha value is -5.70. The Labute approximate surface area is 397 Å². The van der Waals surface area contributed by atoms with E-state index in [4.69, 9.17) is 0 Å². The minimum absolute atomic E-state index is 0.0325. The van der Waals surface area contributed by atoms with E-state index < -0.39 is 0 Å². The molecular formula is C58H62N4O2S2. The summed E-state index contributed by atoms with van der Waals surface area (Å²) in [7, 11) is 0. The van der Waals surface area contributed by atoms with Crippen molar-refractivity contribution < 1.29 is 9.59 Å². The quantitative estimate of drug-likeness (QED) is 0.0861. The number of carbonyl (C=O) groups excluding carboxylic acids is 2. The van der Waals surface area contributed by atoms with Gasteiger partial charge in [0.15, 0.2) is 0 Å². The van der Waals surface area contributed by atoms with E-state index in [0.29, 0.717) is 36.1 Å². The van der Waals surface area contributed by atoms with E-state index in [0.717, 1.165) is 106 Å². The molecule has 6 heterocycles. The first kappa shape index (κ1) is 44.2. The Bertz CT molecular complexity index is 2990. The third-order valence-corrected chi connectivity index (χ3v) is 16.9. The zero-order valence-electron chi connectivity index (χ0n) is 39.5. The summed E-state index contributed by atoms with van der Waals surface area (Å²) in [5.74, 6) is 0.596. The molecule has 0 N–H and O–H groups in total. The highest BCUT2D eigenvalue weighted by molar-refractivity contribution is 7.17. The summed E-state index contributed by atoms with van der Waals surface area (Å²) in [5, 5.41) is 5.00. The molecule has 2 atom stereocenters. The maximum atomic E-state index is 15.5. The Morgan fingerprint density at radius 1 is 0.455 bits per heavy atom. The molecule has 2 unspecified atom stereocenters. The minimum atomic E-state index is -0.0325. The van der Waals surface area contributed by atoms with Crippen molar-refractivity contribution in [3.05, 3.63) is 130 Å². The highest BCUT2D eigenvalue weighted by atomic mass is 32.1. The van der Waals surface area contributed by atoms with Gasteiger partial charge in [0, 0.05) is 79.5 Å². The second-order valence-corrected chi connectivity index (χ2v) is 20.6. The van der Waals surface area contributed by atoms with Gasteiger partial charge in [-0.2, -0.15) is 0 Å². The largest absolute Gasteiger partial charge is 0.341 e. The molecule has 6 nitrogen and oxygen atoms in total. The van der Waals surface area contributed by atoms with Gasteiger partial charge in [-0.25, -0.2) is 0 Å². The van der Waals surface area contributed by atoms with Crippen LogP contribution in [-0.2, 0) is 22.7 Å². The number of rotatable bonds is 18. The Morgan fingerprint density at radius 2 is 0.848 bits per heavy atom. The molecule has 338 valence electrons. The molecule has 0 radical (unpaired) electrons. The number of nitrogens with zero attached hydrogens (tertiary/aromatic N) is 4. The number of hydrogen-bond donors (Lipinski definition) is 0. The lowest BCUT2D eigenvalue weighted by Gasteiger charge is -2.29. The van der Waals surface area contributed by atoms with E-state index in [-0.39, 0.29) is 11.8 Å². The average molecular weight is 911 g/mol. The molecule has 4 aromatic heterocycles. The van der Waals surface area contributed by atoms with Crippen molar-refractivity contribution in [1.82, 2.24) is 18.9 Å². The van der Waals surface area contributed by atoms with Crippen LogP contribution in [0.15, 0.2) is 120 Å². The molecule has 0 aliphatic carbocycles. The van der Waals surface area contributed by atoms with E-state index >= 15 is 9.59 Å². The van der Waals surface area contributed by atoms with Crippen molar-refractivity contribution in [2.75, 3.05) is 13.1 Å². The summed E-state index contributed by atoms with van der Waals surface area (Å²) < 4.78 is 4.78. The van der Waals surface area contributed by atoms with Crippen LogP contribution in [0, 0.1) is 11.8 Å². The van der Waals surface area contributed by atoms with Crippen molar-refractivity contribution in [3.63, 3.8) is 0 Å². The van der Waals surface area contributed by atoms with E-state index in [1.54, 1.807) is 22.7 Å². The maximum absolute atomic E-state index is 15.5. The summed E-state index contributed by atoms with van der Waals surface area (Å²) in [6, 6.07) is 39.7. The molecule has 66 heavy (non-hydrogen) atoms. The first-order valence-electron chi connectivity index (χ1n) is 24.7. The predicted octanol–water partition coefficient (Wildman–Crippen LogP) is 15.6. The van der Waals surface area contributed by atoms with E-state index in [1.165, 1.54) is 43.6 Å². The third kappa shape index (κ3) is 7.45. The number of amides is 2. The van der Waals surface area contributed by atoms with Gasteiger partial charge in [0.1, 0.15) is 0 Å². The predicted molar refractivity (Wildman–Crippen MR) is 281 cm³/mol. The van der Waals surface area contributed by atoms with Gasteiger partial charge in [-0.1, -0.05) is 115 Å². The number of unbranched alkanes of at least 4 members (excludes halogenated alkanes) is 2. The molecule has 10 rings (SSSR count). The first-order chi connectivity index (χ1) is 32.3. The molecule has 0 bridgehead atoms. The topological polar surface area (TPSA) is 50.5 Å². The molecule has 4 aromatic carbocycles. The van der Waals surface area contributed by atoms with E-state index in [1.807, 2.05) is 9.80 Å². The highest BCUT2D eigenvalue weighted by Crippen LogP contribution is 2.51. The van der Waals surface area contributed by atoms with Crippen LogP contribution in [0.25, 0.3) is 75.9 Å². The minimum Gasteiger partial charge on any atom is -0.341 e. The summed E-state index contributed by atoms with van der Waals surface area (Å²) in [6.45, 7) is 16.4.